The molecule has 42 valence electrons. The SMILES string of the molecule is ClB(Cl)C1C=CC=C1. The van der Waals surface area contributed by atoms with Crippen LogP contribution in [0, 0.1) is 0 Å². The second-order valence-electron chi connectivity index (χ2n) is 1.68. The van der Waals surface area contributed by atoms with Gasteiger partial charge in [0.25, 0.3) is 0 Å². The van der Waals surface area contributed by atoms with E-state index in [-0.39, 0.29) is 11.4 Å². The molecule has 0 aliphatic heterocycles. The van der Waals surface area contributed by atoms with Gasteiger partial charge in [-0.05, 0) is 0 Å². The van der Waals surface area contributed by atoms with Crippen molar-refractivity contribution in [3.63, 3.8) is 0 Å². The van der Waals surface area contributed by atoms with E-state index >= 15 is 0 Å². The molecule has 0 radical (unpaired) electrons. The number of hydrogen-bond acceptors (Lipinski definition) is 0. The maximum Gasteiger partial charge on any atom is 0.362 e. The predicted molar refractivity (Wildman–Crippen MR) is 39.5 cm³/mol. The highest BCUT2D eigenvalue weighted by Gasteiger charge is 2.16. The van der Waals surface area contributed by atoms with Crippen LogP contribution in [0.15, 0.2) is 24.3 Å². The van der Waals surface area contributed by atoms with Crippen LogP contribution in [-0.4, -0.2) is 5.54 Å². The molecule has 1 aliphatic carbocycles. The zero-order chi connectivity index (χ0) is 5.98. The summed E-state index contributed by atoms with van der Waals surface area (Å²) in [6.07, 6.45) is 7.85. The van der Waals surface area contributed by atoms with E-state index in [2.05, 4.69) is 0 Å². The molecule has 0 atom stereocenters. The van der Waals surface area contributed by atoms with Crippen LogP contribution in [0.3, 0.4) is 0 Å². The average molecular weight is 147 g/mol. The van der Waals surface area contributed by atoms with E-state index < -0.39 is 0 Å². The molecule has 0 aromatic heterocycles. The number of hydrogen-bond donors (Lipinski definition) is 0. The Morgan fingerprint density at radius 3 is 1.88 bits per heavy atom. The van der Waals surface area contributed by atoms with Gasteiger partial charge in [-0.2, -0.15) is 22.9 Å². The van der Waals surface area contributed by atoms with Gasteiger partial charge in [-0.1, -0.05) is 24.3 Å². The maximum absolute atomic E-state index is 5.55. The molecular weight excluding hydrogens is 142 g/mol. The Balaban J connectivity index is 2.49. The highest BCUT2D eigenvalue weighted by Crippen LogP contribution is 2.23. The molecule has 0 aromatic rings. The Labute approximate surface area is 59.1 Å². The molecular formula is C5H5BCl2. The van der Waals surface area contributed by atoms with E-state index in [0.29, 0.717) is 0 Å². The quantitative estimate of drug-likeness (QED) is 0.499. The Morgan fingerprint density at radius 2 is 1.62 bits per heavy atom. The third-order valence-electron chi connectivity index (χ3n) is 1.07. The Kier molecular flexibility index (Phi) is 2.04. The summed E-state index contributed by atoms with van der Waals surface area (Å²) >= 11 is 11.1. The van der Waals surface area contributed by atoms with Gasteiger partial charge in [-0.3, -0.25) is 0 Å². The van der Waals surface area contributed by atoms with Gasteiger partial charge >= 0.3 is 5.54 Å². The van der Waals surface area contributed by atoms with Gasteiger partial charge in [0.15, 0.2) is 0 Å². The average Bonchev–Trinajstić information content (AvgIpc) is 2.12. The summed E-state index contributed by atoms with van der Waals surface area (Å²) in [5.41, 5.74) is -0.287. The molecule has 3 heteroatoms. The van der Waals surface area contributed by atoms with E-state index in [1.54, 1.807) is 0 Å². The fourth-order valence-corrected chi connectivity index (χ4v) is 0.953. The van der Waals surface area contributed by atoms with E-state index in [1.165, 1.54) is 0 Å². The lowest BCUT2D eigenvalue weighted by molar-refractivity contribution is 1.41. The van der Waals surface area contributed by atoms with Crippen molar-refractivity contribution in [1.82, 2.24) is 0 Å². The summed E-state index contributed by atoms with van der Waals surface area (Å²) in [7, 11) is 0. The highest BCUT2D eigenvalue weighted by molar-refractivity contribution is 7.34. The standard InChI is InChI=1S/C5H5BCl2/c7-6(8)5-3-1-2-4-5/h1-5H. The summed E-state index contributed by atoms with van der Waals surface area (Å²) in [6.45, 7) is 0. The Hall–Kier alpha value is 0.125. The molecule has 0 bridgehead atoms. The van der Waals surface area contributed by atoms with Crippen LogP contribution >= 0.6 is 22.9 Å². The lowest BCUT2D eigenvalue weighted by Gasteiger charge is -1.97. The molecule has 1 rings (SSSR count). The monoisotopic (exact) mass is 146 g/mol. The van der Waals surface area contributed by atoms with Gasteiger partial charge in [0.05, 0.1) is 0 Å². The molecule has 0 fully saturated rings. The third kappa shape index (κ3) is 1.30. The fourth-order valence-electron chi connectivity index (χ4n) is 0.617. The first-order valence-corrected chi connectivity index (χ1v) is 3.31. The first-order chi connectivity index (χ1) is 3.80. The van der Waals surface area contributed by atoms with Crippen LogP contribution in [0.1, 0.15) is 0 Å². The lowest BCUT2D eigenvalue weighted by atomic mass is 9.86. The van der Waals surface area contributed by atoms with Crippen molar-refractivity contribution < 1.29 is 0 Å². The molecule has 0 heterocycles. The minimum atomic E-state index is -0.287. The smallest absolute Gasteiger partial charge is 0.170 e. The molecule has 0 amide bonds. The molecule has 8 heavy (non-hydrogen) atoms. The largest absolute Gasteiger partial charge is 0.362 e. The number of allylic oxidation sites excluding steroid dienone is 4. The zero-order valence-corrected chi connectivity index (χ0v) is 5.73. The van der Waals surface area contributed by atoms with Gasteiger partial charge in [-0.15, -0.1) is 0 Å². The molecule has 0 saturated heterocycles. The van der Waals surface area contributed by atoms with Crippen molar-refractivity contribution in [2.75, 3.05) is 0 Å². The molecule has 0 N–H and O–H groups in total. The van der Waals surface area contributed by atoms with Crippen molar-refractivity contribution in [2.24, 2.45) is 0 Å². The van der Waals surface area contributed by atoms with Crippen molar-refractivity contribution in [1.29, 1.82) is 0 Å². The van der Waals surface area contributed by atoms with Gasteiger partial charge in [0.1, 0.15) is 0 Å². The van der Waals surface area contributed by atoms with Crippen LogP contribution in [0.2, 0.25) is 5.82 Å². The van der Waals surface area contributed by atoms with E-state index in [1.807, 2.05) is 24.3 Å². The van der Waals surface area contributed by atoms with Crippen molar-refractivity contribution >= 4 is 28.5 Å². The summed E-state index contributed by atoms with van der Waals surface area (Å²) in [6, 6.07) is 0. The second kappa shape index (κ2) is 2.61. The number of rotatable bonds is 1. The zero-order valence-electron chi connectivity index (χ0n) is 4.22. The fraction of sp³-hybridized carbons (Fsp3) is 0.200. The van der Waals surface area contributed by atoms with Crippen LogP contribution in [0.25, 0.3) is 0 Å². The molecule has 0 aromatic carbocycles. The predicted octanol–water partition coefficient (Wildman–Crippen LogP) is 2.45. The Morgan fingerprint density at radius 1 is 1.12 bits per heavy atom. The highest BCUT2D eigenvalue weighted by atomic mass is 35.5. The first-order valence-electron chi connectivity index (χ1n) is 2.44. The topological polar surface area (TPSA) is 0 Å². The summed E-state index contributed by atoms with van der Waals surface area (Å²) < 4.78 is 0. The van der Waals surface area contributed by atoms with E-state index in [0.717, 1.165) is 0 Å². The van der Waals surface area contributed by atoms with E-state index in [9.17, 15) is 0 Å². The molecule has 1 aliphatic rings. The second-order valence-corrected chi connectivity index (χ2v) is 2.85. The van der Waals surface area contributed by atoms with Gasteiger partial charge in [-0.25, -0.2) is 0 Å². The van der Waals surface area contributed by atoms with Crippen molar-refractivity contribution in [3.05, 3.63) is 24.3 Å². The molecule has 0 spiro atoms. The van der Waals surface area contributed by atoms with Gasteiger partial charge < -0.3 is 0 Å². The maximum atomic E-state index is 5.55. The van der Waals surface area contributed by atoms with Crippen molar-refractivity contribution in [2.45, 2.75) is 5.82 Å². The minimum absolute atomic E-state index is 0.235. The minimum Gasteiger partial charge on any atom is -0.170 e. The first kappa shape index (κ1) is 6.25. The summed E-state index contributed by atoms with van der Waals surface area (Å²) in [5, 5.41) is 0. The molecule has 0 nitrogen and oxygen atoms in total. The van der Waals surface area contributed by atoms with Crippen molar-refractivity contribution in [3.8, 4) is 0 Å². The third-order valence-corrected chi connectivity index (χ3v) is 1.65. The normalized spacial score (nSPS) is 17.8. The number of halogens is 2. The Bertz CT molecular complexity index is 116. The molecule has 0 saturated carbocycles. The van der Waals surface area contributed by atoms with Crippen LogP contribution < -0.4 is 0 Å². The summed E-state index contributed by atoms with van der Waals surface area (Å²) in [5.74, 6) is 0.235. The van der Waals surface area contributed by atoms with Crippen LogP contribution in [-0.2, 0) is 0 Å². The summed E-state index contributed by atoms with van der Waals surface area (Å²) in [4.78, 5) is 0. The van der Waals surface area contributed by atoms with Gasteiger partial charge in [0, 0.05) is 5.82 Å². The van der Waals surface area contributed by atoms with Crippen LogP contribution in [0.5, 0.6) is 0 Å². The van der Waals surface area contributed by atoms with E-state index in [4.69, 9.17) is 22.9 Å². The van der Waals surface area contributed by atoms with Crippen LogP contribution in [0.4, 0.5) is 0 Å². The van der Waals surface area contributed by atoms with Gasteiger partial charge in [0.2, 0.25) is 0 Å². The lowest BCUT2D eigenvalue weighted by Crippen LogP contribution is -1.98. The molecule has 0 unspecified atom stereocenters.